The van der Waals surface area contributed by atoms with E-state index in [1.807, 2.05) is 31.3 Å². The van der Waals surface area contributed by atoms with Crippen molar-refractivity contribution < 1.29 is 14.3 Å². The third kappa shape index (κ3) is 6.12. The Morgan fingerprint density at radius 1 is 1.30 bits per heavy atom. The van der Waals surface area contributed by atoms with Crippen molar-refractivity contribution in [2.24, 2.45) is 0 Å². The van der Waals surface area contributed by atoms with Gasteiger partial charge in [-0.25, -0.2) is 0 Å². The summed E-state index contributed by atoms with van der Waals surface area (Å²) in [5.74, 6) is 1.51. The summed E-state index contributed by atoms with van der Waals surface area (Å²) in [7, 11) is 5.22. The van der Waals surface area contributed by atoms with E-state index in [-0.39, 0.29) is 18.3 Å². The lowest BCUT2D eigenvalue weighted by molar-refractivity contribution is -0.130. The number of carbonyl (C=O) groups excluding carboxylic acids is 1. The zero-order valence-corrected chi connectivity index (χ0v) is 13.0. The number of nitrogens with one attached hydrogen (secondary N) is 1. The van der Waals surface area contributed by atoms with Crippen molar-refractivity contribution in [3.05, 3.63) is 24.3 Å². The predicted octanol–water partition coefficient (Wildman–Crippen LogP) is 1.56. The number of hydrogen-bond donors (Lipinski definition) is 1. The van der Waals surface area contributed by atoms with Crippen LogP contribution in [0.4, 0.5) is 0 Å². The number of likely N-dealkylation sites (N-methyl/N-ethyl adjacent to an activating group) is 1. The van der Waals surface area contributed by atoms with Crippen LogP contribution in [0.5, 0.6) is 11.5 Å². The molecule has 114 valence electrons. The van der Waals surface area contributed by atoms with E-state index in [2.05, 4.69) is 5.32 Å². The van der Waals surface area contributed by atoms with Crippen molar-refractivity contribution in [2.75, 3.05) is 40.9 Å². The molecule has 6 heteroatoms. The van der Waals surface area contributed by atoms with Crippen molar-refractivity contribution in [3.63, 3.8) is 0 Å². The second kappa shape index (κ2) is 10.3. The maximum atomic E-state index is 11.7. The molecule has 0 spiro atoms. The van der Waals surface area contributed by atoms with Crippen LogP contribution < -0.4 is 14.8 Å². The van der Waals surface area contributed by atoms with E-state index in [9.17, 15) is 4.79 Å². The average Bonchev–Trinajstić information content (AvgIpc) is 2.45. The number of benzene rings is 1. The van der Waals surface area contributed by atoms with Gasteiger partial charge in [-0.15, -0.1) is 12.4 Å². The van der Waals surface area contributed by atoms with Crippen LogP contribution in [0.15, 0.2) is 24.3 Å². The summed E-state index contributed by atoms with van der Waals surface area (Å²) >= 11 is 0. The Morgan fingerprint density at radius 2 is 1.95 bits per heavy atom. The molecule has 0 bridgehead atoms. The van der Waals surface area contributed by atoms with Gasteiger partial charge in [-0.1, -0.05) is 12.1 Å². The Hall–Kier alpha value is -1.46. The molecule has 1 N–H and O–H groups in total. The molecule has 0 unspecified atom stereocenters. The smallest absolute Gasteiger partial charge is 0.223 e. The first-order valence-corrected chi connectivity index (χ1v) is 6.33. The van der Waals surface area contributed by atoms with Crippen LogP contribution in [0.1, 0.15) is 6.42 Å². The molecule has 5 nitrogen and oxygen atoms in total. The Kier molecular flexibility index (Phi) is 9.59. The van der Waals surface area contributed by atoms with Gasteiger partial charge in [-0.3, -0.25) is 4.79 Å². The number of methoxy groups -OCH3 is 1. The van der Waals surface area contributed by atoms with Gasteiger partial charge in [-0.2, -0.15) is 0 Å². The molecular formula is C14H23ClN2O3. The molecule has 0 saturated heterocycles. The summed E-state index contributed by atoms with van der Waals surface area (Å²) in [5.41, 5.74) is 0. The highest BCUT2D eigenvalue weighted by molar-refractivity contribution is 5.85. The number of nitrogens with zero attached hydrogens (tertiary/aromatic N) is 1. The van der Waals surface area contributed by atoms with Gasteiger partial charge in [0.15, 0.2) is 11.5 Å². The fourth-order valence-corrected chi connectivity index (χ4v) is 1.58. The van der Waals surface area contributed by atoms with E-state index in [4.69, 9.17) is 9.47 Å². The minimum Gasteiger partial charge on any atom is -0.493 e. The lowest BCUT2D eigenvalue weighted by Crippen LogP contribution is -2.32. The molecule has 20 heavy (non-hydrogen) atoms. The highest BCUT2D eigenvalue weighted by atomic mass is 35.5. The summed E-state index contributed by atoms with van der Waals surface area (Å²) in [6.45, 7) is 1.69. The van der Waals surface area contributed by atoms with Crippen LogP contribution in [-0.2, 0) is 4.79 Å². The second-order valence-electron chi connectivity index (χ2n) is 4.17. The molecule has 0 heterocycles. The van der Waals surface area contributed by atoms with Gasteiger partial charge in [0.2, 0.25) is 5.91 Å². The van der Waals surface area contributed by atoms with Crippen LogP contribution in [0.2, 0.25) is 0 Å². The number of para-hydroxylation sites is 2. The summed E-state index contributed by atoms with van der Waals surface area (Å²) in [5, 5.41) is 2.96. The maximum absolute atomic E-state index is 11.7. The standard InChI is InChI=1S/C14H22N2O3.ClH/c1-15-9-8-14(17)16(2)10-11-19-13-7-5-4-6-12(13)18-3;/h4-7,15H,8-11H2,1-3H3;1H. The Balaban J connectivity index is 0.00000361. The summed E-state index contributed by atoms with van der Waals surface area (Å²) in [6, 6.07) is 7.47. The molecule has 1 aromatic rings. The molecule has 0 fully saturated rings. The fraction of sp³-hybridized carbons (Fsp3) is 0.500. The monoisotopic (exact) mass is 302 g/mol. The fourth-order valence-electron chi connectivity index (χ4n) is 1.58. The van der Waals surface area contributed by atoms with E-state index in [0.29, 0.717) is 37.6 Å². The van der Waals surface area contributed by atoms with Crippen molar-refractivity contribution >= 4 is 18.3 Å². The van der Waals surface area contributed by atoms with Gasteiger partial charge >= 0.3 is 0 Å². The summed E-state index contributed by atoms with van der Waals surface area (Å²) in [6.07, 6.45) is 0.502. The van der Waals surface area contributed by atoms with Gasteiger partial charge in [0.05, 0.1) is 13.7 Å². The first-order chi connectivity index (χ1) is 9.19. The van der Waals surface area contributed by atoms with Gasteiger partial charge in [0, 0.05) is 20.0 Å². The quantitative estimate of drug-likeness (QED) is 0.792. The first-order valence-electron chi connectivity index (χ1n) is 6.33. The average molecular weight is 303 g/mol. The number of amides is 1. The van der Waals surface area contributed by atoms with Crippen LogP contribution in [0.3, 0.4) is 0 Å². The van der Waals surface area contributed by atoms with Gasteiger partial charge in [-0.05, 0) is 19.2 Å². The van der Waals surface area contributed by atoms with Crippen molar-refractivity contribution in [2.45, 2.75) is 6.42 Å². The number of carbonyl (C=O) groups is 1. The third-order valence-corrected chi connectivity index (χ3v) is 2.77. The van der Waals surface area contributed by atoms with Crippen molar-refractivity contribution in [3.8, 4) is 11.5 Å². The number of hydrogen-bond acceptors (Lipinski definition) is 4. The van der Waals surface area contributed by atoms with Gasteiger partial charge in [0.25, 0.3) is 0 Å². The highest BCUT2D eigenvalue weighted by Crippen LogP contribution is 2.25. The molecule has 0 aliphatic rings. The summed E-state index contributed by atoms with van der Waals surface area (Å²) in [4.78, 5) is 13.3. The topological polar surface area (TPSA) is 50.8 Å². The molecule has 1 rings (SSSR count). The van der Waals surface area contributed by atoms with Gasteiger partial charge in [0.1, 0.15) is 6.61 Å². The lowest BCUT2D eigenvalue weighted by atomic mass is 10.3. The van der Waals surface area contributed by atoms with Crippen LogP contribution >= 0.6 is 12.4 Å². The van der Waals surface area contributed by atoms with Crippen LogP contribution in [0.25, 0.3) is 0 Å². The molecule has 0 aromatic heterocycles. The lowest BCUT2D eigenvalue weighted by Gasteiger charge is -2.18. The number of ether oxygens (including phenoxy) is 2. The van der Waals surface area contributed by atoms with E-state index >= 15 is 0 Å². The SMILES string of the molecule is CNCCC(=O)N(C)CCOc1ccccc1OC.Cl. The van der Waals surface area contributed by atoms with Crippen LogP contribution in [-0.4, -0.2) is 51.7 Å². The second-order valence-corrected chi connectivity index (χ2v) is 4.17. The van der Waals surface area contributed by atoms with E-state index in [0.717, 1.165) is 0 Å². The van der Waals surface area contributed by atoms with E-state index < -0.39 is 0 Å². The minimum atomic E-state index is 0. The zero-order chi connectivity index (χ0) is 14.1. The van der Waals surface area contributed by atoms with Gasteiger partial charge < -0.3 is 19.7 Å². The zero-order valence-electron chi connectivity index (χ0n) is 12.2. The minimum absolute atomic E-state index is 0. The molecule has 0 aliphatic heterocycles. The first kappa shape index (κ1) is 18.5. The molecule has 0 saturated carbocycles. The van der Waals surface area contributed by atoms with Crippen molar-refractivity contribution in [1.29, 1.82) is 0 Å². The molecule has 0 aliphatic carbocycles. The normalized spacial score (nSPS) is 9.55. The molecule has 1 amide bonds. The molecule has 0 atom stereocenters. The maximum Gasteiger partial charge on any atom is 0.223 e. The Labute approximate surface area is 126 Å². The molecule has 1 aromatic carbocycles. The largest absolute Gasteiger partial charge is 0.493 e. The highest BCUT2D eigenvalue weighted by Gasteiger charge is 2.08. The van der Waals surface area contributed by atoms with Crippen LogP contribution in [0, 0.1) is 0 Å². The Morgan fingerprint density at radius 3 is 2.55 bits per heavy atom. The number of halogens is 1. The number of rotatable bonds is 8. The predicted molar refractivity (Wildman–Crippen MR) is 81.9 cm³/mol. The molecular weight excluding hydrogens is 280 g/mol. The van der Waals surface area contributed by atoms with E-state index in [1.165, 1.54) is 0 Å². The summed E-state index contributed by atoms with van der Waals surface area (Å²) < 4.78 is 10.8. The Bertz CT molecular complexity index is 402. The van der Waals surface area contributed by atoms with E-state index in [1.54, 1.807) is 19.1 Å². The van der Waals surface area contributed by atoms with Crippen molar-refractivity contribution in [1.82, 2.24) is 10.2 Å². The molecule has 0 radical (unpaired) electrons. The third-order valence-electron chi connectivity index (χ3n) is 2.77.